The first kappa shape index (κ1) is 25.3. The van der Waals surface area contributed by atoms with Crippen LogP contribution in [0.25, 0.3) is 0 Å². The maximum atomic E-state index is 12.4. The second kappa shape index (κ2) is 11.9. The van der Waals surface area contributed by atoms with E-state index < -0.39 is 66.8 Å². The number of amides is 4. The number of aliphatic carboxylic acids is 1. The fourth-order valence-electron chi connectivity index (χ4n) is 2.15. The van der Waals surface area contributed by atoms with E-state index in [-0.39, 0.29) is 5.92 Å². The van der Waals surface area contributed by atoms with Gasteiger partial charge in [-0.2, -0.15) is 0 Å². The van der Waals surface area contributed by atoms with E-state index >= 15 is 0 Å². The molecule has 0 aromatic rings. The molecule has 0 aromatic carbocycles. The lowest BCUT2D eigenvalue weighted by Gasteiger charge is -2.23. The van der Waals surface area contributed by atoms with Crippen LogP contribution < -0.4 is 27.4 Å². The molecule has 4 unspecified atom stereocenters. The van der Waals surface area contributed by atoms with E-state index in [1.807, 2.05) is 13.8 Å². The largest absolute Gasteiger partial charge is 0.480 e. The van der Waals surface area contributed by atoms with Gasteiger partial charge in [0.2, 0.25) is 23.6 Å². The third-order valence-electron chi connectivity index (χ3n) is 3.65. The van der Waals surface area contributed by atoms with Gasteiger partial charge in [0.15, 0.2) is 0 Å². The molecule has 4 atom stereocenters. The number of aliphatic hydroxyl groups excluding tert-OH is 1. The Bertz CT molecular complexity index is 596. The van der Waals surface area contributed by atoms with Crippen molar-refractivity contribution in [1.82, 2.24) is 16.0 Å². The smallest absolute Gasteiger partial charge is 0.325 e. The lowest BCUT2D eigenvalue weighted by molar-refractivity contribution is -0.142. The van der Waals surface area contributed by atoms with E-state index in [1.54, 1.807) is 0 Å². The van der Waals surface area contributed by atoms with Gasteiger partial charge in [-0.15, -0.1) is 0 Å². The number of rotatable bonds is 12. The van der Waals surface area contributed by atoms with Gasteiger partial charge in [-0.1, -0.05) is 13.8 Å². The molecule has 0 aromatic heterocycles. The molecule has 0 fully saturated rings. The molecule has 0 rings (SSSR count). The zero-order chi connectivity index (χ0) is 22.0. The van der Waals surface area contributed by atoms with Crippen LogP contribution in [0.2, 0.25) is 0 Å². The third-order valence-corrected chi connectivity index (χ3v) is 3.65. The highest BCUT2D eigenvalue weighted by molar-refractivity contribution is 5.96. The maximum Gasteiger partial charge on any atom is 0.325 e. The predicted octanol–water partition coefficient (Wildman–Crippen LogP) is -3.21. The molecule has 0 spiro atoms. The molecule has 12 nitrogen and oxygen atoms in total. The highest BCUT2D eigenvalue weighted by atomic mass is 16.4. The number of nitrogens with two attached hydrogens (primary N) is 2. The van der Waals surface area contributed by atoms with Crippen molar-refractivity contribution in [3.05, 3.63) is 0 Å². The summed E-state index contributed by atoms with van der Waals surface area (Å²) >= 11 is 0. The normalized spacial score (nSPS) is 15.1. The molecule has 0 saturated heterocycles. The Morgan fingerprint density at radius 3 is 1.82 bits per heavy atom. The number of nitrogens with one attached hydrogen (secondary N) is 3. The minimum Gasteiger partial charge on any atom is -0.480 e. The SMILES string of the molecule is CC(C)CC(N)C(=O)NC(CC(N)=O)C(=O)NC(CO)C(=O)NC(C)C(=O)O. The number of carbonyl (C=O) groups excluding carboxylic acids is 4. The van der Waals surface area contributed by atoms with Crippen molar-refractivity contribution < 1.29 is 34.2 Å². The number of carboxylic acid groups (broad SMARTS) is 1. The Hall–Kier alpha value is -2.73. The van der Waals surface area contributed by atoms with Gasteiger partial charge in [0, 0.05) is 0 Å². The molecular formula is C16H29N5O7. The van der Waals surface area contributed by atoms with Crippen molar-refractivity contribution in [1.29, 1.82) is 0 Å². The van der Waals surface area contributed by atoms with Crippen molar-refractivity contribution in [2.24, 2.45) is 17.4 Å². The van der Waals surface area contributed by atoms with E-state index in [4.69, 9.17) is 16.6 Å². The molecule has 4 amide bonds. The number of primary amides is 1. The van der Waals surface area contributed by atoms with Crippen molar-refractivity contribution in [2.75, 3.05) is 6.61 Å². The fraction of sp³-hybridized carbons (Fsp3) is 0.688. The van der Waals surface area contributed by atoms with E-state index in [1.165, 1.54) is 6.92 Å². The second-order valence-corrected chi connectivity index (χ2v) is 6.78. The molecule has 0 radical (unpaired) electrons. The lowest BCUT2D eigenvalue weighted by atomic mass is 10.0. The minimum absolute atomic E-state index is 0.114. The Labute approximate surface area is 162 Å². The molecule has 0 saturated carbocycles. The predicted molar refractivity (Wildman–Crippen MR) is 97.4 cm³/mol. The van der Waals surface area contributed by atoms with Crippen molar-refractivity contribution in [2.45, 2.75) is 57.8 Å². The van der Waals surface area contributed by atoms with Gasteiger partial charge in [0.05, 0.1) is 19.1 Å². The molecule has 0 aliphatic rings. The number of carbonyl (C=O) groups is 5. The Morgan fingerprint density at radius 1 is 0.893 bits per heavy atom. The second-order valence-electron chi connectivity index (χ2n) is 6.78. The fourth-order valence-corrected chi connectivity index (χ4v) is 2.15. The van der Waals surface area contributed by atoms with Crippen LogP contribution in [0.5, 0.6) is 0 Å². The van der Waals surface area contributed by atoms with E-state index in [9.17, 15) is 29.1 Å². The van der Waals surface area contributed by atoms with Gasteiger partial charge < -0.3 is 37.6 Å². The number of hydrogen-bond donors (Lipinski definition) is 7. The molecule has 0 aliphatic carbocycles. The van der Waals surface area contributed by atoms with Crippen LogP contribution in [0.4, 0.5) is 0 Å². The summed E-state index contributed by atoms with van der Waals surface area (Å²) in [6.45, 7) is 4.06. The van der Waals surface area contributed by atoms with E-state index in [2.05, 4.69) is 16.0 Å². The van der Waals surface area contributed by atoms with Gasteiger partial charge in [-0.3, -0.25) is 24.0 Å². The Balaban J connectivity index is 5.12. The molecule has 12 heteroatoms. The molecule has 9 N–H and O–H groups in total. The Kier molecular flexibility index (Phi) is 10.7. The average Bonchev–Trinajstić information content (AvgIpc) is 2.57. The first-order valence-electron chi connectivity index (χ1n) is 8.67. The minimum atomic E-state index is -1.49. The molecular weight excluding hydrogens is 374 g/mol. The van der Waals surface area contributed by atoms with Gasteiger partial charge in [0.1, 0.15) is 18.1 Å². The van der Waals surface area contributed by atoms with E-state index in [0.29, 0.717) is 6.42 Å². The van der Waals surface area contributed by atoms with Crippen molar-refractivity contribution in [3.63, 3.8) is 0 Å². The summed E-state index contributed by atoms with van der Waals surface area (Å²) in [6, 6.07) is -5.09. The summed E-state index contributed by atoms with van der Waals surface area (Å²) in [5.41, 5.74) is 10.8. The van der Waals surface area contributed by atoms with Crippen LogP contribution in [0, 0.1) is 5.92 Å². The van der Waals surface area contributed by atoms with Crippen LogP contribution in [0.1, 0.15) is 33.6 Å². The van der Waals surface area contributed by atoms with Gasteiger partial charge in [-0.25, -0.2) is 0 Å². The van der Waals surface area contributed by atoms with Crippen LogP contribution in [0.3, 0.4) is 0 Å². The van der Waals surface area contributed by atoms with Gasteiger partial charge in [-0.05, 0) is 19.3 Å². The average molecular weight is 403 g/mol. The first-order chi connectivity index (χ1) is 12.9. The van der Waals surface area contributed by atoms with Crippen molar-refractivity contribution >= 4 is 29.6 Å². The lowest BCUT2D eigenvalue weighted by Crippen LogP contribution is -2.58. The standard InChI is InChI=1S/C16H29N5O7/c1-7(2)4-9(17)13(24)20-10(5-12(18)23)14(25)21-11(6-22)15(26)19-8(3)16(27)28/h7-11,22H,4-6,17H2,1-3H3,(H2,18,23)(H,19,26)(H,20,24)(H,21,25)(H,27,28). The van der Waals surface area contributed by atoms with Crippen LogP contribution >= 0.6 is 0 Å². The van der Waals surface area contributed by atoms with Gasteiger partial charge >= 0.3 is 5.97 Å². The topological polar surface area (TPSA) is 214 Å². The van der Waals surface area contributed by atoms with Gasteiger partial charge in [0.25, 0.3) is 0 Å². The summed E-state index contributed by atoms with van der Waals surface area (Å²) < 4.78 is 0. The van der Waals surface area contributed by atoms with Crippen LogP contribution in [0.15, 0.2) is 0 Å². The van der Waals surface area contributed by atoms with E-state index in [0.717, 1.165) is 0 Å². The highest BCUT2D eigenvalue weighted by Gasteiger charge is 2.30. The van der Waals surface area contributed by atoms with Crippen LogP contribution in [-0.2, 0) is 24.0 Å². The summed E-state index contributed by atoms with van der Waals surface area (Å²) in [7, 11) is 0. The maximum absolute atomic E-state index is 12.4. The number of carboxylic acids is 1. The molecule has 160 valence electrons. The van der Waals surface area contributed by atoms with Crippen molar-refractivity contribution in [3.8, 4) is 0 Å². The van der Waals surface area contributed by atoms with Crippen LogP contribution in [-0.4, -0.2) is 70.6 Å². The summed E-state index contributed by atoms with van der Waals surface area (Å²) in [5.74, 6) is -4.67. The Morgan fingerprint density at radius 2 is 1.39 bits per heavy atom. The summed E-state index contributed by atoms with van der Waals surface area (Å²) in [4.78, 5) is 58.5. The highest BCUT2D eigenvalue weighted by Crippen LogP contribution is 2.04. The molecule has 0 bridgehead atoms. The summed E-state index contributed by atoms with van der Waals surface area (Å²) in [5, 5.41) is 24.6. The first-order valence-corrected chi connectivity index (χ1v) is 8.67. The monoisotopic (exact) mass is 403 g/mol. The quantitative estimate of drug-likeness (QED) is 0.175. The zero-order valence-electron chi connectivity index (χ0n) is 16.1. The molecule has 0 aliphatic heterocycles. The zero-order valence-corrected chi connectivity index (χ0v) is 16.1. The molecule has 28 heavy (non-hydrogen) atoms. The third kappa shape index (κ3) is 9.28. The number of hydrogen-bond acceptors (Lipinski definition) is 7. The number of aliphatic hydroxyl groups is 1. The summed E-state index contributed by atoms with van der Waals surface area (Å²) in [6.07, 6.45) is -0.219. The molecule has 0 heterocycles.